The van der Waals surface area contributed by atoms with Gasteiger partial charge in [0.1, 0.15) is 0 Å². The van der Waals surface area contributed by atoms with Crippen molar-refractivity contribution < 1.29 is 0 Å². The van der Waals surface area contributed by atoms with Crippen LogP contribution in [0.4, 0.5) is 0 Å². The second-order valence-corrected chi connectivity index (χ2v) is 3.95. The molecule has 1 aromatic heterocycles. The van der Waals surface area contributed by atoms with E-state index in [1.165, 1.54) is 6.42 Å². The smallest absolute Gasteiger partial charge is 0.264 e. The Hall–Kier alpha value is -1.12. The van der Waals surface area contributed by atoms with E-state index in [1.54, 1.807) is 6.07 Å². The lowest BCUT2D eigenvalue weighted by Crippen LogP contribution is -2.22. The van der Waals surface area contributed by atoms with Crippen molar-refractivity contribution in [3.8, 4) is 0 Å². The van der Waals surface area contributed by atoms with Gasteiger partial charge < -0.3 is 0 Å². The second-order valence-electron chi connectivity index (χ2n) is 3.95. The molecule has 1 aliphatic rings. The third-order valence-electron chi connectivity index (χ3n) is 3.07. The fraction of sp³-hybridized carbons (Fsp3) is 0.600. The summed E-state index contributed by atoms with van der Waals surface area (Å²) in [7, 11) is 0. The van der Waals surface area contributed by atoms with Crippen molar-refractivity contribution in [2.75, 3.05) is 0 Å². The van der Waals surface area contributed by atoms with Crippen LogP contribution in [0.2, 0.25) is 0 Å². The third kappa shape index (κ3) is 1.39. The van der Waals surface area contributed by atoms with Crippen LogP contribution in [0.5, 0.6) is 0 Å². The summed E-state index contributed by atoms with van der Waals surface area (Å²) < 4.78 is 0. The van der Waals surface area contributed by atoms with Gasteiger partial charge in [-0.2, -0.15) is 5.10 Å². The highest BCUT2D eigenvalue weighted by molar-refractivity contribution is 5.24. The van der Waals surface area contributed by atoms with E-state index >= 15 is 0 Å². The average Bonchev–Trinajstić information content (AvgIpc) is 2.12. The van der Waals surface area contributed by atoms with Crippen LogP contribution in [0.15, 0.2) is 10.9 Å². The minimum Gasteiger partial charge on any atom is -0.268 e. The number of nitrogens with zero attached hydrogens (tertiary/aromatic N) is 1. The fourth-order valence-electron chi connectivity index (χ4n) is 1.95. The van der Waals surface area contributed by atoms with Crippen LogP contribution in [0, 0.1) is 5.92 Å². The van der Waals surface area contributed by atoms with Gasteiger partial charge in [-0.1, -0.05) is 13.8 Å². The van der Waals surface area contributed by atoms with Crippen molar-refractivity contribution in [2.24, 2.45) is 5.92 Å². The van der Waals surface area contributed by atoms with Gasteiger partial charge in [0.05, 0.1) is 5.69 Å². The Morgan fingerprint density at radius 1 is 1.54 bits per heavy atom. The molecule has 0 amide bonds. The Labute approximate surface area is 77.2 Å². The lowest BCUT2D eigenvalue weighted by molar-refractivity contribution is 0.412. The zero-order chi connectivity index (χ0) is 9.42. The number of aryl methyl sites for hydroxylation is 1. The summed E-state index contributed by atoms with van der Waals surface area (Å²) in [5, 5.41) is 6.62. The van der Waals surface area contributed by atoms with Crippen molar-refractivity contribution in [3.05, 3.63) is 27.7 Å². The van der Waals surface area contributed by atoms with Gasteiger partial charge in [0.15, 0.2) is 0 Å². The number of nitrogens with one attached hydrogen (secondary N) is 1. The second kappa shape index (κ2) is 2.98. The standard InChI is InChI=1S/C10H14N2O/c1-6-3-4-8-5-9(13)11-12-10(8)7(6)2/h5-7H,3-4H2,1-2H3,(H,11,13). The molecule has 1 aromatic rings. The van der Waals surface area contributed by atoms with Gasteiger partial charge in [0.25, 0.3) is 5.56 Å². The molecule has 1 aliphatic carbocycles. The molecule has 2 atom stereocenters. The number of hydrogen-bond acceptors (Lipinski definition) is 2. The molecule has 0 saturated heterocycles. The van der Waals surface area contributed by atoms with E-state index in [1.807, 2.05) is 0 Å². The van der Waals surface area contributed by atoms with E-state index in [9.17, 15) is 4.79 Å². The van der Waals surface area contributed by atoms with Gasteiger partial charge in [0.2, 0.25) is 0 Å². The number of hydrogen-bond donors (Lipinski definition) is 1. The molecule has 2 unspecified atom stereocenters. The first-order valence-corrected chi connectivity index (χ1v) is 4.77. The first-order chi connectivity index (χ1) is 6.18. The molecule has 0 bridgehead atoms. The summed E-state index contributed by atoms with van der Waals surface area (Å²) in [6.45, 7) is 4.41. The third-order valence-corrected chi connectivity index (χ3v) is 3.07. The highest BCUT2D eigenvalue weighted by atomic mass is 16.1. The van der Waals surface area contributed by atoms with Gasteiger partial charge in [-0.05, 0) is 24.3 Å². The van der Waals surface area contributed by atoms with E-state index in [0.717, 1.165) is 17.7 Å². The zero-order valence-corrected chi connectivity index (χ0v) is 8.00. The summed E-state index contributed by atoms with van der Waals surface area (Å²) in [6.07, 6.45) is 2.16. The van der Waals surface area contributed by atoms with Gasteiger partial charge in [-0.15, -0.1) is 0 Å². The van der Waals surface area contributed by atoms with Gasteiger partial charge in [0, 0.05) is 12.0 Å². The highest BCUT2D eigenvalue weighted by Crippen LogP contribution is 2.32. The van der Waals surface area contributed by atoms with Crippen molar-refractivity contribution in [1.29, 1.82) is 0 Å². The zero-order valence-electron chi connectivity index (χ0n) is 8.00. The molecule has 3 nitrogen and oxygen atoms in total. The summed E-state index contributed by atoms with van der Waals surface area (Å²) in [5.41, 5.74) is 2.13. The summed E-state index contributed by atoms with van der Waals surface area (Å²) in [6, 6.07) is 1.69. The summed E-state index contributed by atoms with van der Waals surface area (Å²) >= 11 is 0. The molecule has 0 spiro atoms. The maximum atomic E-state index is 11.0. The van der Waals surface area contributed by atoms with Crippen LogP contribution in [-0.2, 0) is 6.42 Å². The molecule has 0 saturated carbocycles. The molecule has 70 valence electrons. The molecule has 0 fully saturated rings. The Balaban J connectivity index is 2.49. The number of fused-ring (bicyclic) bond motifs is 1. The molecule has 2 rings (SSSR count). The number of aromatic nitrogens is 2. The molecule has 1 heterocycles. The van der Waals surface area contributed by atoms with Crippen molar-refractivity contribution >= 4 is 0 Å². The predicted molar refractivity (Wildman–Crippen MR) is 50.8 cm³/mol. The largest absolute Gasteiger partial charge is 0.268 e. The van der Waals surface area contributed by atoms with Crippen molar-refractivity contribution in [2.45, 2.75) is 32.6 Å². The predicted octanol–water partition coefficient (Wildman–Crippen LogP) is 1.46. The maximum absolute atomic E-state index is 11.0. The van der Waals surface area contributed by atoms with E-state index < -0.39 is 0 Å². The minimum atomic E-state index is -0.0829. The monoisotopic (exact) mass is 178 g/mol. The SMILES string of the molecule is CC1CCc2cc(=O)[nH]nc2C1C. The number of aromatic amines is 1. The molecule has 3 heteroatoms. The van der Waals surface area contributed by atoms with Crippen LogP contribution in [-0.4, -0.2) is 10.2 Å². The molecule has 0 aromatic carbocycles. The Morgan fingerprint density at radius 2 is 2.31 bits per heavy atom. The molecular weight excluding hydrogens is 164 g/mol. The normalized spacial score (nSPS) is 26.9. The Bertz CT molecular complexity index is 369. The maximum Gasteiger partial charge on any atom is 0.264 e. The van der Waals surface area contributed by atoms with Crippen LogP contribution in [0.25, 0.3) is 0 Å². The Morgan fingerprint density at radius 3 is 3.08 bits per heavy atom. The molecule has 0 radical (unpaired) electrons. The van der Waals surface area contributed by atoms with Crippen LogP contribution in [0.3, 0.4) is 0 Å². The lowest BCUT2D eigenvalue weighted by atomic mass is 9.80. The van der Waals surface area contributed by atoms with Crippen LogP contribution >= 0.6 is 0 Å². The lowest BCUT2D eigenvalue weighted by Gasteiger charge is -2.26. The molecule has 0 aliphatic heterocycles. The van der Waals surface area contributed by atoms with E-state index in [0.29, 0.717) is 11.8 Å². The van der Waals surface area contributed by atoms with Gasteiger partial charge >= 0.3 is 0 Å². The van der Waals surface area contributed by atoms with E-state index in [-0.39, 0.29) is 5.56 Å². The summed E-state index contributed by atoms with van der Waals surface area (Å²) in [4.78, 5) is 11.0. The molecular formula is C10H14N2O. The number of rotatable bonds is 0. The summed E-state index contributed by atoms with van der Waals surface area (Å²) in [5.74, 6) is 1.14. The van der Waals surface area contributed by atoms with Crippen LogP contribution < -0.4 is 5.56 Å². The fourth-order valence-corrected chi connectivity index (χ4v) is 1.95. The van der Waals surface area contributed by atoms with Crippen molar-refractivity contribution in [3.63, 3.8) is 0 Å². The van der Waals surface area contributed by atoms with E-state index in [4.69, 9.17) is 0 Å². The topological polar surface area (TPSA) is 45.8 Å². The number of H-pyrrole nitrogens is 1. The molecule has 1 N–H and O–H groups in total. The first kappa shape index (κ1) is 8.48. The minimum absolute atomic E-state index is 0.0829. The van der Waals surface area contributed by atoms with Gasteiger partial charge in [-0.3, -0.25) is 4.79 Å². The Kier molecular flexibility index (Phi) is 1.94. The average molecular weight is 178 g/mol. The first-order valence-electron chi connectivity index (χ1n) is 4.77. The van der Waals surface area contributed by atoms with Crippen molar-refractivity contribution in [1.82, 2.24) is 10.2 Å². The van der Waals surface area contributed by atoms with Crippen LogP contribution in [0.1, 0.15) is 37.4 Å². The van der Waals surface area contributed by atoms with E-state index in [2.05, 4.69) is 24.0 Å². The molecule has 13 heavy (non-hydrogen) atoms. The quantitative estimate of drug-likeness (QED) is 0.653. The van der Waals surface area contributed by atoms with Gasteiger partial charge in [-0.25, -0.2) is 5.10 Å². The highest BCUT2D eigenvalue weighted by Gasteiger charge is 2.24.